The first-order chi connectivity index (χ1) is 20.7. The molecule has 10 heteroatoms. The number of anilines is 4. The topological polar surface area (TPSA) is 113 Å². The number of para-hydroxylation sites is 1. The molecule has 222 valence electrons. The molecule has 0 spiro atoms. The Bertz CT molecular complexity index is 1740. The lowest BCUT2D eigenvalue weighted by atomic mass is 10.1. The molecular formula is C33H38N8O2. The fourth-order valence-corrected chi connectivity index (χ4v) is 4.81. The maximum absolute atomic E-state index is 13.3. The summed E-state index contributed by atoms with van der Waals surface area (Å²) in [6.07, 6.45) is 5.32. The molecule has 3 heterocycles. The van der Waals surface area contributed by atoms with Crippen LogP contribution >= 0.6 is 0 Å². The Balaban J connectivity index is 1.30. The van der Waals surface area contributed by atoms with Crippen LogP contribution in [0.25, 0.3) is 16.9 Å². The molecule has 0 unspecified atom stereocenters. The van der Waals surface area contributed by atoms with E-state index in [2.05, 4.69) is 63.4 Å². The van der Waals surface area contributed by atoms with Crippen molar-refractivity contribution >= 4 is 34.0 Å². The molecule has 10 nitrogen and oxygen atoms in total. The second kappa shape index (κ2) is 12.9. The summed E-state index contributed by atoms with van der Waals surface area (Å²) in [5.41, 5.74) is 2.57. The van der Waals surface area contributed by atoms with Gasteiger partial charge < -0.3 is 20.6 Å². The third-order valence-electron chi connectivity index (χ3n) is 7.14. The standard InChI is InChI=1S/C33H38N8O2/c1-5-21-40-31(42)27-23-35-32(38-30(27)41(40)29-15-11-14-28(37-29)33(2,3)43)36-25-16-18-26(19-17-25)39(4)22-10-9-20-34-24-12-7-6-8-13-24/h5-8,11-19,23,34,43H,1,9-10,20-22H2,2-4H3,(H,35,36,38). The lowest BCUT2D eigenvalue weighted by Gasteiger charge is -2.20. The molecule has 3 N–H and O–H groups in total. The van der Waals surface area contributed by atoms with Crippen molar-refractivity contribution in [2.45, 2.75) is 38.8 Å². The minimum atomic E-state index is -1.15. The van der Waals surface area contributed by atoms with E-state index in [4.69, 9.17) is 4.98 Å². The smallest absolute Gasteiger partial charge is 0.278 e. The van der Waals surface area contributed by atoms with E-state index in [1.54, 1.807) is 42.8 Å². The first-order valence-electron chi connectivity index (χ1n) is 14.4. The maximum atomic E-state index is 13.3. The van der Waals surface area contributed by atoms with E-state index in [0.29, 0.717) is 28.5 Å². The molecule has 5 aromatic rings. The SMILES string of the molecule is C=CCn1c(=O)c2cnc(Nc3ccc(N(C)CCCCNc4ccccc4)cc3)nc2n1-c1cccc(C(C)(C)O)n1. The van der Waals surface area contributed by atoms with Crippen molar-refractivity contribution in [1.29, 1.82) is 0 Å². The predicted molar refractivity (Wildman–Crippen MR) is 174 cm³/mol. The van der Waals surface area contributed by atoms with Crippen molar-refractivity contribution in [1.82, 2.24) is 24.3 Å². The fourth-order valence-electron chi connectivity index (χ4n) is 4.81. The molecular weight excluding hydrogens is 540 g/mol. The molecule has 3 aromatic heterocycles. The second-order valence-electron chi connectivity index (χ2n) is 11.0. The summed E-state index contributed by atoms with van der Waals surface area (Å²) in [4.78, 5) is 29.2. The maximum Gasteiger partial charge on any atom is 0.278 e. The Kier molecular flexibility index (Phi) is 8.87. The number of fused-ring (bicyclic) bond motifs is 1. The minimum Gasteiger partial charge on any atom is -0.385 e. The van der Waals surface area contributed by atoms with E-state index >= 15 is 0 Å². The van der Waals surface area contributed by atoms with Gasteiger partial charge in [0.15, 0.2) is 11.5 Å². The van der Waals surface area contributed by atoms with Gasteiger partial charge >= 0.3 is 0 Å². The van der Waals surface area contributed by atoms with Crippen LogP contribution < -0.4 is 21.1 Å². The molecule has 0 fully saturated rings. The second-order valence-corrected chi connectivity index (χ2v) is 11.0. The van der Waals surface area contributed by atoms with Crippen molar-refractivity contribution in [3.63, 3.8) is 0 Å². The van der Waals surface area contributed by atoms with Gasteiger partial charge in [-0.1, -0.05) is 30.3 Å². The van der Waals surface area contributed by atoms with Crippen LogP contribution in [-0.4, -0.2) is 49.6 Å². The average Bonchev–Trinajstić information content (AvgIpc) is 3.28. The zero-order valence-corrected chi connectivity index (χ0v) is 24.9. The molecule has 43 heavy (non-hydrogen) atoms. The Morgan fingerprint density at radius 1 is 0.977 bits per heavy atom. The monoisotopic (exact) mass is 578 g/mol. The normalized spacial score (nSPS) is 11.4. The fraction of sp³-hybridized carbons (Fsp3) is 0.273. The number of nitrogens with one attached hydrogen (secondary N) is 2. The van der Waals surface area contributed by atoms with Gasteiger partial charge in [-0.15, -0.1) is 6.58 Å². The number of unbranched alkanes of at least 4 members (excludes halogenated alkanes) is 1. The van der Waals surface area contributed by atoms with Gasteiger partial charge in [0, 0.05) is 43.4 Å². The number of aromatic nitrogens is 5. The van der Waals surface area contributed by atoms with Crippen molar-refractivity contribution in [2.24, 2.45) is 0 Å². The summed E-state index contributed by atoms with van der Waals surface area (Å²) in [5, 5.41) is 17.6. The number of hydrogen-bond donors (Lipinski definition) is 3. The summed E-state index contributed by atoms with van der Waals surface area (Å²) >= 11 is 0. The Morgan fingerprint density at radius 2 is 1.74 bits per heavy atom. The highest BCUT2D eigenvalue weighted by atomic mass is 16.3. The average molecular weight is 579 g/mol. The molecule has 0 aliphatic heterocycles. The Hall–Kier alpha value is -4.96. The van der Waals surface area contributed by atoms with Crippen molar-refractivity contribution in [3.8, 4) is 5.82 Å². The lowest BCUT2D eigenvalue weighted by Crippen LogP contribution is -2.23. The zero-order valence-electron chi connectivity index (χ0n) is 24.9. The van der Waals surface area contributed by atoms with Gasteiger partial charge in [0.05, 0.1) is 12.2 Å². The minimum absolute atomic E-state index is 0.250. The third-order valence-corrected chi connectivity index (χ3v) is 7.14. The number of benzene rings is 2. The van der Waals surface area contributed by atoms with Crippen LogP contribution in [0.5, 0.6) is 0 Å². The van der Waals surface area contributed by atoms with Crippen LogP contribution in [0.3, 0.4) is 0 Å². The van der Waals surface area contributed by atoms with Gasteiger partial charge in [0.2, 0.25) is 5.95 Å². The van der Waals surface area contributed by atoms with Gasteiger partial charge in [0.25, 0.3) is 5.56 Å². The number of allylic oxidation sites excluding steroid dienone is 1. The van der Waals surface area contributed by atoms with Crippen LogP contribution in [-0.2, 0) is 12.1 Å². The number of pyridine rings is 1. The molecule has 5 rings (SSSR count). The predicted octanol–water partition coefficient (Wildman–Crippen LogP) is 5.46. The number of nitrogens with zero attached hydrogens (tertiary/aromatic N) is 6. The van der Waals surface area contributed by atoms with Crippen LogP contribution in [0, 0.1) is 0 Å². The van der Waals surface area contributed by atoms with Crippen LogP contribution in [0.2, 0.25) is 0 Å². The largest absolute Gasteiger partial charge is 0.385 e. The van der Waals surface area contributed by atoms with E-state index in [9.17, 15) is 9.90 Å². The van der Waals surface area contributed by atoms with Crippen LogP contribution in [0.4, 0.5) is 23.0 Å². The molecule has 2 aromatic carbocycles. The summed E-state index contributed by atoms with van der Waals surface area (Å²) < 4.78 is 3.16. The molecule has 0 atom stereocenters. The van der Waals surface area contributed by atoms with E-state index < -0.39 is 5.60 Å². The van der Waals surface area contributed by atoms with E-state index in [-0.39, 0.29) is 12.1 Å². The zero-order chi connectivity index (χ0) is 30.4. The van der Waals surface area contributed by atoms with E-state index in [0.717, 1.165) is 43.0 Å². The van der Waals surface area contributed by atoms with E-state index in [1.165, 1.54) is 10.9 Å². The molecule has 0 bridgehead atoms. The van der Waals surface area contributed by atoms with Crippen molar-refractivity contribution in [3.05, 3.63) is 108 Å². The van der Waals surface area contributed by atoms with Gasteiger partial charge in [0.1, 0.15) is 11.0 Å². The molecule has 0 saturated carbocycles. The van der Waals surface area contributed by atoms with Gasteiger partial charge in [-0.3, -0.25) is 4.79 Å². The first kappa shape index (κ1) is 29.5. The summed E-state index contributed by atoms with van der Waals surface area (Å²) in [5.74, 6) is 0.809. The number of hydrogen-bond acceptors (Lipinski definition) is 8. The summed E-state index contributed by atoms with van der Waals surface area (Å²) in [6.45, 7) is 9.28. The Labute approximate surface area is 251 Å². The molecule has 0 aliphatic carbocycles. The van der Waals surface area contributed by atoms with Crippen LogP contribution in [0.1, 0.15) is 32.4 Å². The lowest BCUT2D eigenvalue weighted by molar-refractivity contribution is 0.0738. The van der Waals surface area contributed by atoms with Gasteiger partial charge in [-0.05, 0) is 75.2 Å². The van der Waals surface area contributed by atoms with Gasteiger partial charge in [-0.25, -0.2) is 19.3 Å². The number of rotatable bonds is 13. The van der Waals surface area contributed by atoms with Gasteiger partial charge in [-0.2, -0.15) is 4.98 Å². The van der Waals surface area contributed by atoms with Crippen molar-refractivity contribution < 1.29 is 5.11 Å². The number of aliphatic hydroxyl groups is 1. The summed E-state index contributed by atoms with van der Waals surface area (Å²) in [7, 11) is 2.10. The molecule has 0 aliphatic rings. The third kappa shape index (κ3) is 6.92. The quantitative estimate of drug-likeness (QED) is 0.125. The highest BCUT2D eigenvalue weighted by Crippen LogP contribution is 2.23. The van der Waals surface area contributed by atoms with Crippen molar-refractivity contribution in [2.75, 3.05) is 35.7 Å². The van der Waals surface area contributed by atoms with E-state index in [1.807, 2.05) is 30.3 Å². The Morgan fingerprint density at radius 3 is 2.47 bits per heavy atom. The molecule has 0 amide bonds. The molecule has 0 saturated heterocycles. The first-order valence-corrected chi connectivity index (χ1v) is 14.4. The molecule has 0 radical (unpaired) electrons. The highest BCUT2D eigenvalue weighted by molar-refractivity contribution is 5.77. The summed E-state index contributed by atoms with van der Waals surface area (Å²) in [6, 6.07) is 23.7. The van der Waals surface area contributed by atoms with Crippen LogP contribution in [0.15, 0.2) is 96.4 Å². The highest BCUT2D eigenvalue weighted by Gasteiger charge is 2.21.